The first kappa shape index (κ1) is 9.58. The molecular formula is C9H9BrFN3. The van der Waals surface area contributed by atoms with Crippen molar-refractivity contribution in [3.05, 3.63) is 22.4 Å². The minimum absolute atomic E-state index is 0.305. The van der Waals surface area contributed by atoms with E-state index >= 15 is 0 Å². The van der Waals surface area contributed by atoms with Gasteiger partial charge < -0.3 is 0 Å². The fraction of sp³-hybridized carbons (Fsp3) is 0.333. The molecule has 0 unspecified atom stereocenters. The maximum Gasteiger partial charge on any atom is 0.139 e. The van der Waals surface area contributed by atoms with Crippen molar-refractivity contribution in [1.29, 1.82) is 0 Å². The zero-order valence-electron chi connectivity index (χ0n) is 7.67. The standard InChI is InChI=1S/C9H9BrFN3/c1-2-3-14-9-4-6(10)7(11)5-8(9)12-13-14/h4-5H,2-3H2,1H3. The Balaban J connectivity index is 2.61. The second-order valence-electron chi connectivity index (χ2n) is 3.07. The number of benzene rings is 1. The topological polar surface area (TPSA) is 30.7 Å². The van der Waals surface area contributed by atoms with Crippen LogP contribution in [0, 0.1) is 5.82 Å². The van der Waals surface area contributed by atoms with Gasteiger partial charge in [0.2, 0.25) is 0 Å². The molecule has 2 aromatic rings. The Bertz CT molecular complexity index is 466. The van der Waals surface area contributed by atoms with Gasteiger partial charge in [0.05, 0.1) is 9.99 Å². The number of hydrogen-bond donors (Lipinski definition) is 0. The number of halogens is 2. The van der Waals surface area contributed by atoms with Crippen LogP contribution in [0.3, 0.4) is 0 Å². The number of aryl methyl sites for hydroxylation is 1. The minimum atomic E-state index is -0.305. The molecule has 0 spiro atoms. The fourth-order valence-corrected chi connectivity index (χ4v) is 1.67. The van der Waals surface area contributed by atoms with E-state index < -0.39 is 0 Å². The van der Waals surface area contributed by atoms with E-state index in [2.05, 4.69) is 33.2 Å². The Morgan fingerprint density at radius 2 is 2.29 bits per heavy atom. The summed E-state index contributed by atoms with van der Waals surface area (Å²) in [5.74, 6) is -0.305. The molecule has 0 radical (unpaired) electrons. The summed E-state index contributed by atoms with van der Waals surface area (Å²) in [4.78, 5) is 0. The van der Waals surface area contributed by atoms with E-state index in [-0.39, 0.29) is 5.82 Å². The molecule has 0 bridgehead atoms. The van der Waals surface area contributed by atoms with Gasteiger partial charge in [0.1, 0.15) is 11.3 Å². The summed E-state index contributed by atoms with van der Waals surface area (Å²) in [6.07, 6.45) is 0.980. The van der Waals surface area contributed by atoms with E-state index in [1.165, 1.54) is 6.07 Å². The van der Waals surface area contributed by atoms with Gasteiger partial charge in [-0.3, -0.25) is 0 Å². The molecule has 1 heterocycles. The van der Waals surface area contributed by atoms with Crippen molar-refractivity contribution < 1.29 is 4.39 Å². The van der Waals surface area contributed by atoms with Crippen LogP contribution < -0.4 is 0 Å². The maximum absolute atomic E-state index is 13.1. The van der Waals surface area contributed by atoms with Crippen LogP contribution in [0.5, 0.6) is 0 Å². The predicted octanol–water partition coefficient (Wildman–Crippen LogP) is 2.74. The van der Waals surface area contributed by atoms with Gasteiger partial charge >= 0.3 is 0 Å². The third-order valence-electron chi connectivity index (χ3n) is 1.99. The Morgan fingerprint density at radius 3 is 3.00 bits per heavy atom. The molecule has 2 rings (SSSR count). The van der Waals surface area contributed by atoms with Gasteiger partial charge in [0.25, 0.3) is 0 Å². The lowest BCUT2D eigenvalue weighted by molar-refractivity contribution is 0.595. The van der Waals surface area contributed by atoms with Crippen molar-refractivity contribution in [1.82, 2.24) is 15.0 Å². The van der Waals surface area contributed by atoms with Crippen LogP contribution in [0.25, 0.3) is 11.0 Å². The van der Waals surface area contributed by atoms with Crippen LogP contribution in [-0.4, -0.2) is 15.0 Å². The van der Waals surface area contributed by atoms with Crippen molar-refractivity contribution in [3.63, 3.8) is 0 Å². The maximum atomic E-state index is 13.1. The van der Waals surface area contributed by atoms with Gasteiger partial charge in [-0.05, 0) is 28.4 Å². The SMILES string of the molecule is CCCn1nnc2cc(F)c(Br)cc21. The fourth-order valence-electron chi connectivity index (χ4n) is 1.34. The van der Waals surface area contributed by atoms with E-state index in [0.717, 1.165) is 18.5 Å². The zero-order valence-corrected chi connectivity index (χ0v) is 9.25. The van der Waals surface area contributed by atoms with Crippen molar-refractivity contribution in [2.75, 3.05) is 0 Å². The van der Waals surface area contributed by atoms with Crippen LogP contribution in [0.1, 0.15) is 13.3 Å². The Hall–Kier alpha value is -0.970. The lowest BCUT2D eigenvalue weighted by atomic mass is 10.3. The van der Waals surface area contributed by atoms with Gasteiger partial charge in [0, 0.05) is 12.6 Å². The lowest BCUT2D eigenvalue weighted by Crippen LogP contribution is -1.98. The molecule has 0 aliphatic heterocycles. The Labute approximate surface area is 89.0 Å². The van der Waals surface area contributed by atoms with Gasteiger partial charge in [0.15, 0.2) is 0 Å². The zero-order chi connectivity index (χ0) is 10.1. The van der Waals surface area contributed by atoms with E-state index in [1.807, 2.05) is 0 Å². The van der Waals surface area contributed by atoms with Crippen LogP contribution in [0.2, 0.25) is 0 Å². The number of fused-ring (bicyclic) bond motifs is 1. The van der Waals surface area contributed by atoms with Gasteiger partial charge in [-0.2, -0.15) is 0 Å². The van der Waals surface area contributed by atoms with Gasteiger partial charge in [-0.25, -0.2) is 9.07 Å². The molecule has 5 heteroatoms. The predicted molar refractivity (Wildman–Crippen MR) is 55.5 cm³/mol. The molecule has 14 heavy (non-hydrogen) atoms. The molecule has 0 fully saturated rings. The Morgan fingerprint density at radius 1 is 1.50 bits per heavy atom. The highest BCUT2D eigenvalue weighted by atomic mass is 79.9. The third-order valence-corrected chi connectivity index (χ3v) is 2.60. The highest BCUT2D eigenvalue weighted by molar-refractivity contribution is 9.10. The first-order valence-corrected chi connectivity index (χ1v) is 5.20. The molecule has 0 atom stereocenters. The van der Waals surface area contributed by atoms with Crippen LogP contribution in [-0.2, 0) is 6.54 Å². The van der Waals surface area contributed by atoms with E-state index in [0.29, 0.717) is 9.99 Å². The van der Waals surface area contributed by atoms with Crippen LogP contribution in [0.15, 0.2) is 16.6 Å². The third kappa shape index (κ3) is 1.52. The average molecular weight is 258 g/mol. The van der Waals surface area contributed by atoms with E-state index in [1.54, 1.807) is 10.7 Å². The molecule has 3 nitrogen and oxygen atoms in total. The highest BCUT2D eigenvalue weighted by Crippen LogP contribution is 2.21. The molecular weight excluding hydrogens is 249 g/mol. The molecule has 0 saturated carbocycles. The first-order valence-electron chi connectivity index (χ1n) is 4.40. The number of aromatic nitrogens is 3. The number of hydrogen-bond acceptors (Lipinski definition) is 2. The summed E-state index contributed by atoms with van der Waals surface area (Å²) >= 11 is 3.14. The van der Waals surface area contributed by atoms with Crippen molar-refractivity contribution >= 4 is 27.0 Å². The second-order valence-corrected chi connectivity index (χ2v) is 3.92. The summed E-state index contributed by atoms with van der Waals surface area (Å²) in [6, 6.07) is 3.10. The van der Waals surface area contributed by atoms with Crippen LogP contribution in [0.4, 0.5) is 4.39 Å². The number of nitrogens with zero attached hydrogens (tertiary/aromatic N) is 3. The molecule has 1 aromatic carbocycles. The largest absolute Gasteiger partial charge is 0.245 e. The quantitative estimate of drug-likeness (QED) is 0.829. The molecule has 0 saturated heterocycles. The monoisotopic (exact) mass is 257 g/mol. The summed E-state index contributed by atoms with van der Waals surface area (Å²) in [6.45, 7) is 2.86. The molecule has 0 aliphatic carbocycles. The molecule has 0 N–H and O–H groups in total. The first-order chi connectivity index (χ1) is 6.72. The molecule has 0 aliphatic rings. The van der Waals surface area contributed by atoms with Crippen molar-refractivity contribution in [2.45, 2.75) is 19.9 Å². The number of rotatable bonds is 2. The molecule has 0 amide bonds. The highest BCUT2D eigenvalue weighted by Gasteiger charge is 2.07. The summed E-state index contributed by atoms with van der Waals surface area (Å²) in [5, 5.41) is 7.84. The van der Waals surface area contributed by atoms with E-state index in [4.69, 9.17) is 0 Å². The lowest BCUT2D eigenvalue weighted by Gasteiger charge is -1.99. The second kappa shape index (κ2) is 3.65. The van der Waals surface area contributed by atoms with E-state index in [9.17, 15) is 4.39 Å². The average Bonchev–Trinajstić information content (AvgIpc) is 2.51. The van der Waals surface area contributed by atoms with Gasteiger partial charge in [-0.1, -0.05) is 12.1 Å². The molecule has 1 aromatic heterocycles. The molecule has 74 valence electrons. The normalized spacial score (nSPS) is 11.1. The summed E-state index contributed by atoms with van der Waals surface area (Å²) in [5.41, 5.74) is 1.46. The summed E-state index contributed by atoms with van der Waals surface area (Å²) < 4.78 is 15.3. The smallest absolute Gasteiger partial charge is 0.139 e. The van der Waals surface area contributed by atoms with Gasteiger partial charge in [-0.15, -0.1) is 5.10 Å². The van der Waals surface area contributed by atoms with Crippen molar-refractivity contribution in [2.24, 2.45) is 0 Å². The van der Waals surface area contributed by atoms with Crippen LogP contribution >= 0.6 is 15.9 Å². The Kier molecular flexibility index (Phi) is 2.50. The summed E-state index contributed by atoms with van der Waals surface area (Å²) in [7, 11) is 0. The van der Waals surface area contributed by atoms with Crippen molar-refractivity contribution in [3.8, 4) is 0 Å². The minimum Gasteiger partial charge on any atom is -0.245 e.